The summed E-state index contributed by atoms with van der Waals surface area (Å²) in [5, 5.41) is 5.54. The van der Waals surface area contributed by atoms with Crippen molar-refractivity contribution in [3.05, 3.63) is 71.8 Å². The number of ether oxygens (including phenoxy) is 1. The number of aryl methyl sites for hydroxylation is 1. The van der Waals surface area contributed by atoms with E-state index >= 15 is 0 Å². The first-order valence-electron chi connectivity index (χ1n) is 13.7. The summed E-state index contributed by atoms with van der Waals surface area (Å²) in [6.45, 7) is 6.14. The van der Waals surface area contributed by atoms with Crippen molar-refractivity contribution < 1.29 is 33.7 Å². The van der Waals surface area contributed by atoms with Crippen molar-refractivity contribution in [3.8, 4) is 0 Å². The van der Waals surface area contributed by atoms with Gasteiger partial charge in [0.2, 0.25) is 11.8 Å². The largest absolute Gasteiger partial charge is 0.444 e. The van der Waals surface area contributed by atoms with Crippen LogP contribution in [-0.2, 0) is 35.3 Å². The average molecular weight is 566 g/mol. The Morgan fingerprint density at radius 3 is 2.41 bits per heavy atom. The van der Waals surface area contributed by atoms with Crippen LogP contribution in [0.25, 0.3) is 6.08 Å². The van der Waals surface area contributed by atoms with E-state index in [1.165, 1.54) is 18.7 Å². The van der Waals surface area contributed by atoms with Gasteiger partial charge in [-0.1, -0.05) is 42.5 Å². The first-order chi connectivity index (χ1) is 19.5. The van der Waals surface area contributed by atoms with Gasteiger partial charge in [0.25, 0.3) is 0 Å². The molecule has 1 aliphatic rings. The van der Waals surface area contributed by atoms with Gasteiger partial charge in [0, 0.05) is 30.9 Å². The van der Waals surface area contributed by atoms with Gasteiger partial charge in [-0.3, -0.25) is 19.8 Å². The maximum Gasteiger partial charge on any atom is 0.412 e. The molecule has 2 aromatic rings. The number of likely N-dealkylation sites (tertiary alicyclic amines) is 1. The molecular formula is C31H39N3O7. The molecule has 0 spiro atoms. The Bertz CT molecular complexity index is 1210. The lowest BCUT2D eigenvalue weighted by molar-refractivity contribution is -0.255. The molecule has 220 valence electrons. The molecule has 0 bridgehead atoms. The van der Waals surface area contributed by atoms with Gasteiger partial charge in [0.1, 0.15) is 5.60 Å². The minimum Gasteiger partial charge on any atom is -0.444 e. The van der Waals surface area contributed by atoms with Crippen LogP contribution >= 0.6 is 0 Å². The second-order valence-corrected chi connectivity index (χ2v) is 10.9. The van der Waals surface area contributed by atoms with E-state index < -0.39 is 23.6 Å². The van der Waals surface area contributed by atoms with Gasteiger partial charge < -0.3 is 15.0 Å². The predicted octanol–water partition coefficient (Wildman–Crippen LogP) is 4.51. The van der Waals surface area contributed by atoms with E-state index in [0.29, 0.717) is 18.7 Å². The number of amides is 3. The SMILES string of the molecule is COOC(=O)C[C@@H]1C[C@@H](CNC(=O)C=Cc2ccc(NC(=O)OC(C)(C)C)cc2)N(CCCc2ccccc2)C1=O. The lowest BCUT2D eigenvalue weighted by Gasteiger charge is -2.25. The van der Waals surface area contributed by atoms with Crippen LogP contribution in [0.15, 0.2) is 60.7 Å². The molecule has 1 heterocycles. The van der Waals surface area contributed by atoms with Gasteiger partial charge in [-0.25, -0.2) is 9.59 Å². The van der Waals surface area contributed by atoms with Crippen LogP contribution in [0.4, 0.5) is 10.5 Å². The smallest absolute Gasteiger partial charge is 0.412 e. The number of carbonyl (C=O) groups excluding carboxylic acids is 4. The van der Waals surface area contributed by atoms with Crippen LogP contribution in [0.2, 0.25) is 0 Å². The van der Waals surface area contributed by atoms with Gasteiger partial charge >= 0.3 is 12.1 Å². The number of nitrogens with one attached hydrogen (secondary N) is 2. The lowest BCUT2D eigenvalue weighted by atomic mass is 10.0. The van der Waals surface area contributed by atoms with Gasteiger partial charge in [0.05, 0.1) is 19.4 Å². The molecule has 3 amide bonds. The third-order valence-electron chi connectivity index (χ3n) is 6.42. The summed E-state index contributed by atoms with van der Waals surface area (Å²) < 4.78 is 5.24. The molecule has 0 aliphatic carbocycles. The molecule has 1 aliphatic heterocycles. The summed E-state index contributed by atoms with van der Waals surface area (Å²) >= 11 is 0. The second-order valence-electron chi connectivity index (χ2n) is 10.9. The molecule has 2 N–H and O–H groups in total. The fraction of sp³-hybridized carbons (Fsp3) is 0.419. The lowest BCUT2D eigenvalue weighted by Crippen LogP contribution is -2.42. The first kappa shape index (κ1) is 31.3. The Labute approximate surface area is 241 Å². The van der Waals surface area contributed by atoms with E-state index in [0.717, 1.165) is 18.4 Å². The fourth-order valence-electron chi connectivity index (χ4n) is 4.60. The maximum atomic E-state index is 13.1. The average Bonchev–Trinajstić information content (AvgIpc) is 3.20. The summed E-state index contributed by atoms with van der Waals surface area (Å²) in [7, 11) is 1.24. The van der Waals surface area contributed by atoms with Crippen molar-refractivity contribution in [1.29, 1.82) is 0 Å². The van der Waals surface area contributed by atoms with E-state index in [1.54, 1.807) is 56.0 Å². The molecule has 3 rings (SSSR count). The van der Waals surface area contributed by atoms with E-state index in [1.807, 2.05) is 30.3 Å². The molecule has 41 heavy (non-hydrogen) atoms. The maximum absolute atomic E-state index is 13.1. The van der Waals surface area contributed by atoms with Crippen molar-refractivity contribution in [3.63, 3.8) is 0 Å². The topological polar surface area (TPSA) is 123 Å². The zero-order valence-electron chi connectivity index (χ0n) is 24.1. The molecule has 0 saturated carbocycles. The third-order valence-corrected chi connectivity index (χ3v) is 6.42. The summed E-state index contributed by atoms with van der Waals surface area (Å²) in [4.78, 5) is 60.3. The Morgan fingerprint density at radius 2 is 1.76 bits per heavy atom. The highest BCUT2D eigenvalue weighted by Gasteiger charge is 2.40. The molecule has 0 radical (unpaired) electrons. The molecule has 0 aromatic heterocycles. The third kappa shape index (κ3) is 10.7. The Balaban J connectivity index is 1.54. The number of carbonyl (C=O) groups is 4. The summed E-state index contributed by atoms with van der Waals surface area (Å²) in [6.07, 6.45) is 4.46. The molecule has 10 heteroatoms. The number of hydrogen-bond donors (Lipinski definition) is 2. The Morgan fingerprint density at radius 1 is 1.05 bits per heavy atom. The van der Waals surface area contributed by atoms with Crippen molar-refractivity contribution >= 4 is 35.6 Å². The zero-order chi connectivity index (χ0) is 29.8. The van der Waals surface area contributed by atoms with Crippen molar-refractivity contribution in [1.82, 2.24) is 10.2 Å². The fourth-order valence-corrected chi connectivity index (χ4v) is 4.60. The van der Waals surface area contributed by atoms with Crippen LogP contribution in [0, 0.1) is 5.92 Å². The molecule has 0 unspecified atom stereocenters. The van der Waals surface area contributed by atoms with Gasteiger partial charge in [-0.2, -0.15) is 4.89 Å². The van der Waals surface area contributed by atoms with Gasteiger partial charge in [-0.15, -0.1) is 0 Å². The Kier molecular flexibility index (Phi) is 11.5. The van der Waals surface area contributed by atoms with E-state index in [4.69, 9.17) is 4.74 Å². The highest BCUT2D eigenvalue weighted by Crippen LogP contribution is 2.28. The van der Waals surface area contributed by atoms with Crippen LogP contribution in [0.5, 0.6) is 0 Å². The van der Waals surface area contributed by atoms with Crippen LogP contribution in [0.1, 0.15) is 51.2 Å². The monoisotopic (exact) mass is 565 g/mol. The molecule has 10 nitrogen and oxygen atoms in total. The van der Waals surface area contributed by atoms with Crippen LogP contribution < -0.4 is 10.6 Å². The van der Waals surface area contributed by atoms with Crippen molar-refractivity contribution in [2.75, 3.05) is 25.5 Å². The van der Waals surface area contributed by atoms with Crippen LogP contribution in [0.3, 0.4) is 0 Å². The van der Waals surface area contributed by atoms with Gasteiger partial charge in [-0.05, 0) is 69.4 Å². The molecule has 1 saturated heterocycles. The van der Waals surface area contributed by atoms with Crippen molar-refractivity contribution in [2.24, 2.45) is 5.92 Å². The number of rotatable bonds is 12. The van der Waals surface area contributed by atoms with E-state index in [9.17, 15) is 19.2 Å². The summed E-state index contributed by atoms with van der Waals surface area (Å²) in [6, 6.07) is 16.7. The summed E-state index contributed by atoms with van der Waals surface area (Å²) in [5.74, 6) is -1.56. The second kappa shape index (κ2) is 15.0. The van der Waals surface area contributed by atoms with Crippen LogP contribution in [-0.4, -0.2) is 60.6 Å². The van der Waals surface area contributed by atoms with Gasteiger partial charge in [0.15, 0.2) is 0 Å². The summed E-state index contributed by atoms with van der Waals surface area (Å²) in [5.41, 5.74) is 1.93. The molecule has 2 aromatic carbocycles. The minimum atomic E-state index is -0.602. The normalized spacial score (nSPS) is 17.0. The quantitative estimate of drug-likeness (QED) is 0.221. The minimum absolute atomic E-state index is 0.0784. The van der Waals surface area contributed by atoms with E-state index in [2.05, 4.69) is 20.4 Å². The predicted molar refractivity (Wildman–Crippen MR) is 154 cm³/mol. The first-order valence-corrected chi connectivity index (χ1v) is 13.7. The molecular weight excluding hydrogens is 526 g/mol. The number of nitrogens with zero attached hydrogens (tertiary/aromatic N) is 1. The number of benzene rings is 2. The standard InChI is InChI=1S/C31H39N3O7/c1-31(2,3)40-30(38)33-25-15-12-23(13-16-25)14-17-27(35)32-21-26-19-24(20-28(36)41-39-4)29(37)34(26)18-8-11-22-9-6-5-7-10-22/h5-7,9-10,12-17,24,26H,8,11,18-21H2,1-4H3,(H,32,35)(H,33,38)/t24-,26-/m0/s1. The Hall–Kier alpha value is -4.18. The number of hydrogen-bond acceptors (Lipinski definition) is 7. The highest BCUT2D eigenvalue weighted by atomic mass is 17.2. The molecule has 1 fully saturated rings. The zero-order valence-corrected chi connectivity index (χ0v) is 24.1. The van der Waals surface area contributed by atoms with Crippen molar-refractivity contribution in [2.45, 2.75) is 58.1 Å². The molecule has 2 atom stereocenters. The highest BCUT2D eigenvalue weighted by molar-refractivity contribution is 5.92. The van der Waals surface area contributed by atoms with E-state index in [-0.39, 0.29) is 30.8 Å². The number of anilines is 1.